The number of aliphatic hydroxyl groups excluding tert-OH is 1. The lowest BCUT2D eigenvalue weighted by atomic mass is 10.00. The molecule has 0 heterocycles. The molecule has 3 aromatic carbocycles. The average molecular weight is 573 g/mol. The van der Waals surface area contributed by atoms with E-state index in [0.29, 0.717) is 17.5 Å². The molecule has 9 nitrogen and oxygen atoms in total. The zero-order valence-electron chi connectivity index (χ0n) is 22.3. The van der Waals surface area contributed by atoms with Crippen molar-refractivity contribution in [1.29, 1.82) is 0 Å². The lowest BCUT2D eigenvalue weighted by Gasteiger charge is -2.30. The second kappa shape index (κ2) is 13.9. The van der Waals surface area contributed by atoms with Gasteiger partial charge in [0.25, 0.3) is 5.91 Å². The maximum absolute atomic E-state index is 12.6. The van der Waals surface area contributed by atoms with E-state index in [0.717, 1.165) is 17.4 Å². The maximum atomic E-state index is 12.6. The fourth-order valence-electron chi connectivity index (χ4n) is 4.16. The highest BCUT2D eigenvalue weighted by Gasteiger charge is 2.26. The largest absolute Gasteiger partial charge is 0.493 e. The molecule has 0 spiro atoms. The number of nitrogens with zero attached hydrogens (tertiary/aromatic N) is 1. The third-order valence-corrected chi connectivity index (χ3v) is 6.86. The summed E-state index contributed by atoms with van der Waals surface area (Å²) in [5.74, 6) is -0.728. The normalized spacial score (nSPS) is 12.8. The van der Waals surface area contributed by atoms with Gasteiger partial charge >= 0.3 is 6.09 Å². The minimum atomic E-state index is -3.79. The Labute approximate surface area is 233 Å². The van der Waals surface area contributed by atoms with Crippen LogP contribution in [0.2, 0.25) is 0 Å². The fraction of sp³-hybridized carbons (Fsp3) is 0.310. The topological polar surface area (TPSA) is 133 Å². The van der Waals surface area contributed by atoms with E-state index in [2.05, 4.69) is 0 Å². The van der Waals surface area contributed by atoms with Crippen LogP contribution in [0.15, 0.2) is 72.8 Å². The number of carbonyl (C=O) groups is 2. The predicted octanol–water partition coefficient (Wildman–Crippen LogP) is 4.43. The Hall–Kier alpha value is -3.96. The van der Waals surface area contributed by atoms with Gasteiger partial charge in [-0.3, -0.25) is 9.18 Å². The molecule has 3 rings (SSSR count). The van der Waals surface area contributed by atoms with Crippen LogP contribution in [0, 0.1) is 0 Å². The molecule has 3 aromatic rings. The number of halogens is 1. The maximum Gasteiger partial charge on any atom is 0.407 e. The zero-order chi connectivity index (χ0) is 29.3. The summed E-state index contributed by atoms with van der Waals surface area (Å²) in [6.45, 7) is 1.25. The first-order chi connectivity index (χ1) is 19.0. The van der Waals surface area contributed by atoms with Gasteiger partial charge in [0, 0.05) is 13.0 Å². The first kappa shape index (κ1) is 30.6. The van der Waals surface area contributed by atoms with Gasteiger partial charge in [0.15, 0.2) is 0 Å². The number of hydrogen-bond acceptors (Lipinski definition) is 6. The van der Waals surface area contributed by atoms with Crippen molar-refractivity contribution in [1.82, 2.24) is 9.62 Å². The van der Waals surface area contributed by atoms with Gasteiger partial charge < -0.3 is 19.8 Å². The van der Waals surface area contributed by atoms with Gasteiger partial charge in [-0.1, -0.05) is 60.7 Å². The second-order valence-electron chi connectivity index (χ2n) is 9.32. The number of aliphatic hydroxyl groups is 1. The number of alkyl halides is 1. The van der Waals surface area contributed by atoms with Crippen LogP contribution in [0.25, 0.3) is 11.1 Å². The van der Waals surface area contributed by atoms with Gasteiger partial charge in [-0.05, 0) is 47.7 Å². The molecular weight excluding hydrogens is 539 g/mol. The highest BCUT2D eigenvalue weighted by atomic mass is 32.2. The van der Waals surface area contributed by atoms with Crippen molar-refractivity contribution >= 4 is 22.0 Å². The summed E-state index contributed by atoms with van der Waals surface area (Å²) in [5.41, 5.74) is 2.98. The molecule has 0 aromatic heterocycles. The molecule has 2 atom stereocenters. The minimum absolute atomic E-state index is 0.00484. The Morgan fingerprint density at radius 3 is 2.27 bits per heavy atom. The van der Waals surface area contributed by atoms with Gasteiger partial charge in [-0.2, -0.15) is 0 Å². The van der Waals surface area contributed by atoms with Crippen LogP contribution in [0.1, 0.15) is 40.9 Å². The molecule has 2 amide bonds. The summed E-state index contributed by atoms with van der Waals surface area (Å²) in [7, 11) is -3.79. The van der Waals surface area contributed by atoms with Crippen molar-refractivity contribution in [2.45, 2.75) is 31.9 Å². The molecule has 0 aliphatic rings. The summed E-state index contributed by atoms with van der Waals surface area (Å²) >= 11 is 0. The molecule has 0 bridgehead atoms. The standard InChI is InChI=1S/C29H33FN2O7S/c1-20(27(33)23-7-4-3-5-8-23)32(29(35)36)17-15-21-9-11-22(12-10-21)24-13-14-25(28(34)31-40(2,37)38)26(19-24)39-18-6-16-30/h3-5,7-14,19-20,27,33H,6,15-18H2,1-2H3,(H,31,34)(H,35,36)/t20-,27+/m0/s1. The van der Waals surface area contributed by atoms with E-state index < -0.39 is 40.8 Å². The van der Waals surface area contributed by atoms with Crippen LogP contribution in [0.5, 0.6) is 5.75 Å². The van der Waals surface area contributed by atoms with Crippen LogP contribution in [-0.4, -0.2) is 67.7 Å². The molecule has 0 radical (unpaired) electrons. The van der Waals surface area contributed by atoms with E-state index in [1.165, 1.54) is 11.0 Å². The monoisotopic (exact) mass is 572 g/mol. The number of carbonyl (C=O) groups excluding carboxylic acids is 1. The molecule has 0 saturated heterocycles. The smallest absolute Gasteiger partial charge is 0.407 e. The highest BCUT2D eigenvalue weighted by molar-refractivity contribution is 7.89. The summed E-state index contributed by atoms with van der Waals surface area (Å²) < 4.78 is 43.1. The molecule has 0 saturated carbocycles. The van der Waals surface area contributed by atoms with E-state index >= 15 is 0 Å². The fourth-order valence-corrected chi connectivity index (χ4v) is 4.60. The van der Waals surface area contributed by atoms with Crippen LogP contribution in [0.3, 0.4) is 0 Å². The number of amides is 2. The summed E-state index contributed by atoms with van der Waals surface area (Å²) in [6, 6.07) is 20.3. The number of sulfonamides is 1. The SMILES string of the molecule is C[C@@H]([C@@H](O)c1ccccc1)N(CCc1ccc(-c2ccc(C(=O)NS(C)(=O)=O)c(OCCCF)c2)cc1)C(=O)O. The number of ether oxygens (including phenoxy) is 1. The van der Waals surface area contributed by atoms with E-state index in [4.69, 9.17) is 4.74 Å². The Bertz CT molecular complexity index is 1400. The van der Waals surface area contributed by atoms with Crippen LogP contribution < -0.4 is 9.46 Å². The van der Waals surface area contributed by atoms with Gasteiger partial charge in [0.1, 0.15) is 5.75 Å². The van der Waals surface area contributed by atoms with Gasteiger partial charge in [0.05, 0.1) is 37.2 Å². The molecule has 11 heteroatoms. The lowest BCUT2D eigenvalue weighted by Crippen LogP contribution is -2.42. The molecule has 0 unspecified atom stereocenters. The summed E-state index contributed by atoms with van der Waals surface area (Å²) in [4.78, 5) is 25.6. The minimum Gasteiger partial charge on any atom is -0.493 e. The average Bonchev–Trinajstić information content (AvgIpc) is 2.92. The molecule has 0 aliphatic heterocycles. The Kier molecular flexibility index (Phi) is 10.6. The quantitative estimate of drug-likeness (QED) is 0.258. The molecule has 40 heavy (non-hydrogen) atoms. The molecular formula is C29H33FN2O7S. The highest BCUT2D eigenvalue weighted by Crippen LogP contribution is 2.29. The van der Waals surface area contributed by atoms with Gasteiger partial charge in [-0.15, -0.1) is 0 Å². The number of benzene rings is 3. The zero-order valence-corrected chi connectivity index (χ0v) is 23.1. The summed E-state index contributed by atoms with van der Waals surface area (Å²) in [6.07, 6.45) is -0.698. The van der Waals surface area contributed by atoms with Crippen LogP contribution in [0.4, 0.5) is 9.18 Å². The van der Waals surface area contributed by atoms with Gasteiger partial charge in [-0.25, -0.2) is 17.9 Å². The molecule has 3 N–H and O–H groups in total. The molecule has 214 valence electrons. The third-order valence-electron chi connectivity index (χ3n) is 6.30. The van der Waals surface area contributed by atoms with Crippen molar-refractivity contribution in [3.63, 3.8) is 0 Å². The van der Waals surface area contributed by atoms with E-state index in [-0.39, 0.29) is 30.9 Å². The number of carboxylic acid groups (broad SMARTS) is 1. The van der Waals surface area contributed by atoms with Crippen LogP contribution >= 0.6 is 0 Å². The summed E-state index contributed by atoms with van der Waals surface area (Å²) in [5, 5.41) is 20.4. The number of rotatable bonds is 13. The Morgan fingerprint density at radius 2 is 1.68 bits per heavy atom. The van der Waals surface area contributed by atoms with Gasteiger partial charge in [0.2, 0.25) is 10.0 Å². The van der Waals surface area contributed by atoms with E-state index in [9.17, 15) is 32.6 Å². The molecule has 0 aliphatic carbocycles. The third kappa shape index (κ3) is 8.52. The lowest BCUT2D eigenvalue weighted by molar-refractivity contribution is 0.0559. The Balaban J connectivity index is 1.74. The van der Waals surface area contributed by atoms with Crippen molar-refractivity contribution in [3.8, 4) is 16.9 Å². The van der Waals surface area contributed by atoms with Crippen molar-refractivity contribution in [2.24, 2.45) is 0 Å². The number of nitrogens with one attached hydrogen (secondary N) is 1. The number of hydrogen-bond donors (Lipinski definition) is 3. The predicted molar refractivity (Wildman–Crippen MR) is 150 cm³/mol. The molecule has 0 fully saturated rings. The van der Waals surface area contributed by atoms with Crippen LogP contribution in [-0.2, 0) is 16.4 Å². The van der Waals surface area contributed by atoms with Crippen molar-refractivity contribution < 1.29 is 37.3 Å². The second-order valence-corrected chi connectivity index (χ2v) is 11.1. The van der Waals surface area contributed by atoms with Crippen molar-refractivity contribution in [2.75, 3.05) is 26.1 Å². The Morgan fingerprint density at radius 1 is 1.02 bits per heavy atom. The first-order valence-corrected chi connectivity index (χ1v) is 14.6. The first-order valence-electron chi connectivity index (χ1n) is 12.7. The van der Waals surface area contributed by atoms with E-state index in [1.807, 2.05) is 35.1 Å². The van der Waals surface area contributed by atoms with E-state index in [1.54, 1.807) is 43.3 Å². The van der Waals surface area contributed by atoms with Crippen molar-refractivity contribution in [3.05, 3.63) is 89.5 Å².